The van der Waals surface area contributed by atoms with Crippen LogP contribution in [0.5, 0.6) is 0 Å². The summed E-state index contributed by atoms with van der Waals surface area (Å²) in [5, 5.41) is 0. The topological polar surface area (TPSA) is 52.0 Å². The van der Waals surface area contributed by atoms with Crippen molar-refractivity contribution in [1.29, 1.82) is 0 Å². The Hall–Kier alpha value is -1.22. The van der Waals surface area contributed by atoms with Crippen molar-refractivity contribution in [2.24, 2.45) is 0 Å². The van der Waals surface area contributed by atoms with E-state index in [9.17, 15) is 0 Å². The molecule has 0 saturated carbocycles. The van der Waals surface area contributed by atoms with E-state index in [1.54, 1.807) is 0 Å². The van der Waals surface area contributed by atoms with Crippen LogP contribution in [0.3, 0.4) is 0 Å². The zero-order chi connectivity index (χ0) is 14.4. The molecule has 1 aromatic rings. The first-order chi connectivity index (χ1) is 9.59. The molecular formula is C17H30N3+. The summed E-state index contributed by atoms with van der Waals surface area (Å²) in [4.78, 5) is 0. The van der Waals surface area contributed by atoms with Crippen molar-refractivity contribution in [2.75, 3.05) is 38.1 Å². The van der Waals surface area contributed by atoms with E-state index in [-0.39, 0.29) is 0 Å². The number of benzene rings is 1. The van der Waals surface area contributed by atoms with Crippen LogP contribution < -0.4 is 11.5 Å². The molecule has 0 atom stereocenters. The summed E-state index contributed by atoms with van der Waals surface area (Å²) < 4.78 is 1.31. The number of unbranched alkanes of at least 4 members (excludes halogenated alkanes) is 3. The number of nitrogens with two attached hydrogens (primary N) is 2. The van der Waals surface area contributed by atoms with Gasteiger partial charge < -0.3 is 16.0 Å². The summed E-state index contributed by atoms with van der Waals surface area (Å²) in [7, 11) is 2.42. The Balaban J connectivity index is 1.59. The molecule has 2 rings (SSSR count). The Kier molecular flexibility index (Phi) is 5.30. The van der Waals surface area contributed by atoms with Crippen molar-refractivity contribution in [3.05, 3.63) is 23.8 Å². The number of hydrogen-bond donors (Lipinski definition) is 2. The number of likely N-dealkylation sites (tertiary alicyclic amines) is 1. The van der Waals surface area contributed by atoms with Gasteiger partial charge in [-0.2, -0.15) is 0 Å². The van der Waals surface area contributed by atoms with E-state index in [1.807, 2.05) is 12.1 Å². The quantitative estimate of drug-likeness (QED) is 0.456. The van der Waals surface area contributed by atoms with E-state index >= 15 is 0 Å². The lowest BCUT2D eigenvalue weighted by Gasteiger charge is -2.29. The highest BCUT2D eigenvalue weighted by molar-refractivity contribution is 5.56. The van der Waals surface area contributed by atoms with Gasteiger partial charge >= 0.3 is 0 Å². The maximum atomic E-state index is 5.98. The van der Waals surface area contributed by atoms with Gasteiger partial charge in [0.15, 0.2) is 0 Å². The standard InChI is InChI=1S/C17H30N3/c1-20(12-6-7-13-20)11-5-3-2-4-8-15-9-10-16(18)14-17(15)19/h9-10,14H,2-8,11-13,18-19H2,1H3/q+1. The fourth-order valence-electron chi connectivity index (χ4n) is 3.33. The first-order valence-electron chi connectivity index (χ1n) is 8.06. The van der Waals surface area contributed by atoms with E-state index in [4.69, 9.17) is 11.5 Å². The van der Waals surface area contributed by atoms with Crippen molar-refractivity contribution in [3.63, 3.8) is 0 Å². The Bertz CT molecular complexity index is 422. The summed E-state index contributed by atoms with van der Waals surface area (Å²) in [6.07, 6.45) is 9.19. The molecule has 1 aliphatic rings. The highest BCUT2D eigenvalue weighted by Gasteiger charge is 2.25. The van der Waals surface area contributed by atoms with Crippen molar-refractivity contribution >= 4 is 11.4 Å². The largest absolute Gasteiger partial charge is 0.399 e. The van der Waals surface area contributed by atoms with Gasteiger partial charge in [0.1, 0.15) is 0 Å². The number of aryl methyl sites for hydroxylation is 1. The molecule has 3 nitrogen and oxygen atoms in total. The highest BCUT2D eigenvalue weighted by atomic mass is 15.3. The normalized spacial score (nSPS) is 17.4. The summed E-state index contributed by atoms with van der Waals surface area (Å²) >= 11 is 0. The fraction of sp³-hybridized carbons (Fsp3) is 0.647. The van der Waals surface area contributed by atoms with Crippen molar-refractivity contribution in [2.45, 2.75) is 44.9 Å². The molecule has 1 aromatic carbocycles. The smallest absolute Gasteiger partial charge is 0.0786 e. The summed E-state index contributed by atoms with van der Waals surface area (Å²) in [6, 6.07) is 5.89. The second-order valence-corrected chi connectivity index (χ2v) is 6.62. The molecule has 4 N–H and O–H groups in total. The molecule has 112 valence electrons. The maximum Gasteiger partial charge on any atom is 0.0786 e. The molecule has 1 heterocycles. The van der Waals surface area contributed by atoms with Gasteiger partial charge in [-0.1, -0.05) is 12.5 Å². The van der Waals surface area contributed by atoms with E-state index in [1.165, 1.54) is 68.2 Å². The van der Waals surface area contributed by atoms with Crippen molar-refractivity contribution in [1.82, 2.24) is 0 Å². The highest BCUT2D eigenvalue weighted by Crippen LogP contribution is 2.20. The van der Waals surface area contributed by atoms with Crippen LogP contribution in [0.1, 0.15) is 44.1 Å². The van der Waals surface area contributed by atoms with Crippen LogP contribution in [-0.2, 0) is 6.42 Å². The first kappa shape index (κ1) is 15.2. The average Bonchev–Trinajstić information content (AvgIpc) is 2.83. The van der Waals surface area contributed by atoms with Gasteiger partial charge in [0, 0.05) is 24.2 Å². The predicted molar refractivity (Wildman–Crippen MR) is 87.5 cm³/mol. The van der Waals surface area contributed by atoms with Crippen LogP contribution >= 0.6 is 0 Å². The number of quaternary nitrogens is 1. The lowest BCUT2D eigenvalue weighted by molar-refractivity contribution is -0.897. The molecular weight excluding hydrogens is 246 g/mol. The van der Waals surface area contributed by atoms with Gasteiger partial charge in [0.2, 0.25) is 0 Å². The number of nitrogen functional groups attached to an aromatic ring is 2. The third-order valence-corrected chi connectivity index (χ3v) is 4.71. The Morgan fingerprint density at radius 3 is 2.40 bits per heavy atom. The summed E-state index contributed by atoms with van der Waals surface area (Å²) in [5.41, 5.74) is 14.5. The Labute approximate surface area is 123 Å². The number of hydrogen-bond acceptors (Lipinski definition) is 2. The van der Waals surface area contributed by atoms with Crippen LogP contribution in [0.15, 0.2) is 18.2 Å². The third-order valence-electron chi connectivity index (χ3n) is 4.71. The van der Waals surface area contributed by atoms with Crippen LogP contribution in [0.2, 0.25) is 0 Å². The number of rotatable bonds is 7. The Morgan fingerprint density at radius 1 is 1.00 bits per heavy atom. The fourth-order valence-corrected chi connectivity index (χ4v) is 3.33. The van der Waals surface area contributed by atoms with Gasteiger partial charge in [-0.15, -0.1) is 0 Å². The molecule has 3 heteroatoms. The first-order valence-corrected chi connectivity index (χ1v) is 8.06. The molecule has 0 unspecified atom stereocenters. The second-order valence-electron chi connectivity index (χ2n) is 6.62. The molecule has 1 aliphatic heterocycles. The molecule has 0 spiro atoms. The van der Waals surface area contributed by atoms with Crippen LogP contribution in [-0.4, -0.2) is 31.2 Å². The van der Waals surface area contributed by atoms with E-state index in [0.717, 1.165) is 17.8 Å². The van der Waals surface area contributed by atoms with Crippen molar-refractivity contribution in [3.8, 4) is 0 Å². The lowest BCUT2D eigenvalue weighted by atomic mass is 10.0. The second kappa shape index (κ2) is 6.98. The number of anilines is 2. The summed E-state index contributed by atoms with van der Waals surface area (Å²) in [5.74, 6) is 0. The van der Waals surface area contributed by atoms with Crippen LogP contribution in [0, 0.1) is 0 Å². The van der Waals surface area contributed by atoms with Crippen molar-refractivity contribution < 1.29 is 4.48 Å². The van der Waals surface area contributed by atoms with Crippen LogP contribution in [0.4, 0.5) is 11.4 Å². The van der Waals surface area contributed by atoms with Gasteiger partial charge in [-0.25, -0.2) is 0 Å². The zero-order valence-electron chi connectivity index (χ0n) is 12.9. The molecule has 1 fully saturated rings. The lowest BCUT2D eigenvalue weighted by Crippen LogP contribution is -2.41. The molecule has 0 bridgehead atoms. The van der Waals surface area contributed by atoms with Gasteiger partial charge in [-0.3, -0.25) is 0 Å². The molecule has 0 aromatic heterocycles. The SMILES string of the molecule is C[N+]1(CCCCCCc2ccc(N)cc2N)CCCC1. The Morgan fingerprint density at radius 2 is 1.70 bits per heavy atom. The monoisotopic (exact) mass is 276 g/mol. The minimum absolute atomic E-state index is 0.758. The van der Waals surface area contributed by atoms with E-state index in [2.05, 4.69) is 13.1 Å². The minimum atomic E-state index is 0.758. The van der Waals surface area contributed by atoms with Gasteiger partial charge in [0.25, 0.3) is 0 Å². The molecule has 0 aliphatic carbocycles. The molecule has 20 heavy (non-hydrogen) atoms. The average molecular weight is 276 g/mol. The zero-order valence-corrected chi connectivity index (χ0v) is 12.9. The third kappa shape index (κ3) is 4.41. The van der Waals surface area contributed by atoms with E-state index in [0.29, 0.717) is 0 Å². The van der Waals surface area contributed by atoms with Gasteiger partial charge in [0.05, 0.1) is 26.7 Å². The number of nitrogens with zero attached hydrogens (tertiary/aromatic N) is 1. The van der Waals surface area contributed by atoms with Gasteiger partial charge in [-0.05, 0) is 43.4 Å². The molecule has 0 radical (unpaired) electrons. The molecule has 1 saturated heterocycles. The predicted octanol–water partition coefficient (Wildman–Crippen LogP) is 3.19. The molecule has 0 amide bonds. The summed E-state index contributed by atoms with van der Waals surface area (Å²) in [6.45, 7) is 4.15. The van der Waals surface area contributed by atoms with Crippen LogP contribution in [0.25, 0.3) is 0 Å². The minimum Gasteiger partial charge on any atom is -0.399 e. The maximum absolute atomic E-state index is 5.98. The van der Waals surface area contributed by atoms with E-state index < -0.39 is 0 Å².